The van der Waals surface area contributed by atoms with Gasteiger partial charge in [0.2, 0.25) is 0 Å². The molecule has 0 amide bonds. The van der Waals surface area contributed by atoms with Crippen LogP contribution in [-0.2, 0) is 0 Å². The summed E-state index contributed by atoms with van der Waals surface area (Å²) in [5.41, 5.74) is 5.68. The minimum Gasteiger partial charge on any atom is -0.381 e. The van der Waals surface area contributed by atoms with Crippen LogP contribution in [0.1, 0.15) is 0 Å². The van der Waals surface area contributed by atoms with Crippen LogP contribution in [0.15, 0.2) is 18.2 Å². The van der Waals surface area contributed by atoms with Crippen molar-refractivity contribution in [2.45, 2.75) is 0 Å². The molecule has 2 nitrogen and oxygen atoms in total. The lowest BCUT2D eigenvalue weighted by molar-refractivity contribution is 0.630. The van der Waals surface area contributed by atoms with E-state index in [-0.39, 0.29) is 5.82 Å². The van der Waals surface area contributed by atoms with Gasteiger partial charge in [-0.15, -0.1) is 0 Å². The van der Waals surface area contributed by atoms with Gasteiger partial charge in [0.05, 0.1) is 5.69 Å². The van der Waals surface area contributed by atoms with Gasteiger partial charge in [0.15, 0.2) is 0 Å². The molecule has 0 unspecified atom stereocenters. The van der Waals surface area contributed by atoms with Crippen LogP contribution in [0.2, 0.25) is 5.02 Å². The van der Waals surface area contributed by atoms with Crippen molar-refractivity contribution >= 4 is 17.3 Å². The number of benzene rings is 1. The summed E-state index contributed by atoms with van der Waals surface area (Å²) in [7, 11) is 0. The zero-order valence-electron chi connectivity index (χ0n) is 6.48. The van der Waals surface area contributed by atoms with Gasteiger partial charge in [-0.1, -0.05) is 11.6 Å². The molecule has 0 bridgehead atoms. The molecule has 1 aromatic carbocycles. The van der Waals surface area contributed by atoms with Crippen LogP contribution < -0.4 is 11.1 Å². The zero-order valence-corrected chi connectivity index (χ0v) is 7.24. The number of halogens is 2. The fourth-order valence-corrected chi connectivity index (χ4v) is 0.998. The Kier molecular flexibility index (Phi) is 3.31. The van der Waals surface area contributed by atoms with Gasteiger partial charge in [-0.05, 0) is 18.2 Å². The van der Waals surface area contributed by atoms with Crippen LogP contribution in [0.25, 0.3) is 0 Å². The van der Waals surface area contributed by atoms with Crippen molar-refractivity contribution in [1.82, 2.24) is 0 Å². The van der Waals surface area contributed by atoms with E-state index in [4.69, 9.17) is 17.3 Å². The van der Waals surface area contributed by atoms with E-state index in [1.54, 1.807) is 12.1 Å². The molecule has 0 aromatic heterocycles. The summed E-state index contributed by atoms with van der Waals surface area (Å²) < 4.78 is 13.0. The second kappa shape index (κ2) is 4.28. The highest BCUT2D eigenvalue weighted by Gasteiger charge is 2.00. The van der Waals surface area contributed by atoms with E-state index in [9.17, 15) is 4.39 Å². The van der Waals surface area contributed by atoms with E-state index in [2.05, 4.69) is 5.32 Å². The molecule has 0 atom stereocenters. The maximum Gasteiger partial charge on any atom is 0.147 e. The molecule has 0 fully saturated rings. The van der Waals surface area contributed by atoms with Crippen LogP contribution in [0, 0.1) is 5.82 Å². The summed E-state index contributed by atoms with van der Waals surface area (Å²) in [6.45, 7) is 1.03. The normalized spacial score (nSPS) is 9.92. The van der Waals surface area contributed by atoms with Crippen molar-refractivity contribution in [1.29, 1.82) is 0 Å². The summed E-state index contributed by atoms with van der Waals surface area (Å²) in [6, 6.07) is 4.48. The number of hydrogen-bond donors (Lipinski definition) is 2. The van der Waals surface area contributed by atoms with E-state index >= 15 is 0 Å². The molecule has 0 saturated heterocycles. The topological polar surface area (TPSA) is 38.0 Å². The predicted molar refractivity (Wildman–Crippen MR) is 49.0 cm³/mol. The first-order valence-corrected chi connectivity index (χ1v) is 4.01. The molecule has 66 valence electrons. The van der Waals surface area contributed by atoms with Crippen LogP contribution in [0.4, 0.5) is 10.1 Å². The lowest BCUT2D eigenvalue weighted by Crippen LogP contribution is -2.13. The minimum absolute atomic E-state index is 0.351. The number of hydrogen-bond acceptors (Lipinski definition) is 2. The van der Waals surface area contributed by atoms with Crippen molar-refractivity contribution in [2.24, 2.45) is 5.73 Å². The lowest BCUT2D eigenvalue weighted by atomic mass is 10.3. The SMILES string of the molecule is NCCNc1ccc(Cl)cc1F. The second-order valence-corrected chi connectivity index (χ2v) is 2.78. The molecule has 0 aliphatic rings. The summed E-state index contributed by atoms with van der Waals surface area (Å²) in [5, 5.41) is 3.23. The molecule has 0 aliphatic heterocycles. The molecular formula is C8H10ClFN2. The number of anilines is 1. The molecule has 1 rings (SSSR count). The Morgan fingerprint density at radius 3 is 2.83 bits per heavy atom. The zero-order chi connectivity index (χ0) is 8.97. The van der Waals surface area contributed by atoms with Gasteiger partial charge >= 0.3 is 0 Å². The summed E-state index contributed by atoms with van der Waals surface area (Å²) in [5.74, 6) is -0.351. The van der Waals surface area contributed by atoms with Gasteiger partial charge in [0.25, 0.3) is 0 Å². The first-order valence-electron chi connectivity index (χ1n) is 3.63. The van der Waals surface area contributed by atoms with E-state index in [0.717, 1.165) is 0 Å². The molecule has 0 radical (unpaired) electrons. The van der Waals surface area contributed by atoms with Crippen molar-refractivity contribution in [2.75, 3.05) is 18.4 Å². The number of nitrogens with two attached hydrogens (primary N) is 1. The van der Waals surface area contributed by atoms with E-state index in [0.29, 0.717) is 23.8 Å². The van der Waals surface area contributed by atoms with Gasteiger partial charge in [0, 0.05) is 18.1 Å². The predicted octanol–water partition coefficient (Wildman–Crippen LogP) is 1.85. The first-order chi connectivity index (χ1) is 5.74. The number of rotatable bonds is 3. The summed E-state index contributed by atoms with van der Waals surface area (Å²) in [4.78, 5) is 0. The van der Waals surface area contributed by atoms with Crippen molar-refractivity contribution in [3.63, 3.8) is 0 Å². The van der Waals surface area contributed by atoms with E-state index < -0.39 is 0 Å². The highest BCUT2D eigenvalue weighted by molar-refractivity contribution is 6.30. The third-order valence-corrected chi connectivity index (χ3v) is 1.63. The molecule has 0 spiro atoms. The Morgan fingerprint density at radius 1 is 1.50 bits per heavy atom. The highest BCUT2D eigenvalue weighted by Crippen LogP contribution is 2.18. The Bertz CT molecular complexity index is 265. The van der Waals surface area contributed by atoms with Crippen molar-refractivity contribution < 1.29 is 4.39 Å². The average molecular weight is 189 g/mol. The fourth-order valence-electron chi connectivity index (χ4n) is 0.840. The second-order valence-electron chi connectivity index (χ2n) is 2.34. The Labute approximate surface area is 75.5 Å². The van der Waals surface area contributed by atoms with E-state index in [1.807, 2.05) is 0 Å². The largest absolute Gasteiger partial charge is 0.381 e. The lowest BCUT2D eigenvalue weighted by Gasteiger charge is -2.05. The third-order valence-electron chi connectivity index (χ3n) is 1.39. The summed E-state index contributed by atoms with van der Waals surface area (Å²) >= 11 is 5.56. The van der Waals surface area contributed by atoms with Crippen molar-refractivity contribution in [3.8, 4) is 0 Å². The molecule has 0 aliphatic carbocycles. The Balaban J connectivity index is 2.72. The Morgan fingerprint density at radius 2 is 2.25 bits per heavy atom. The van der Waals surface area contributed by atoms with Gasteiger partial charge < -0.3 is 11.1 Å². The fraction of sp³-hybridized carbons (Fsp3) is 0.250. The van der Waals surface area contributed by atoms with Crippen LogP contribution in [0.3, 0.4) is 0 Å². The molecule has 4 heteroatoms. The first kappa shape index (κ1) is 9.29. The van der Waals surface area contributed by atoms with Crippen molar-refractivity contribution in [3.05, 3.63) is 29.0 Å². The molecule has 12 heavy (non-hydrogen) atoms. The van der Waals surface area contributed by atoms with Gasteiger partial charge in [-0.2, -0.15) is 0 Å². The maximum absolute atomic E-state index is 13.0. The van der Waals surface area contributed by atoms with Gasteiger partial charge in [-0.25, -0.2) is 4.39 Å². The number of nitrogens with one attached hydrogen (secondary N) is 1. The minimum atomic E-state index is -0.351. The van der Waals surface area contributed by atoms with Gasteiger partial charge in [0.1, 0.15) is 5.82 Å². The monoisotopic (exact) mass is 188 g/mol. The van der Waals surface area contributed by atoms with Crippen LogP contribution in [-0.4, -0.2) is 13.1 Å². The van der Waals surface area contributed by atoms with E-state index in [1.165, 1.54) is 6.07 Å². The molecule has 1 aromatic rings. The maximum atomic E-state index is 13.0. The molecule has 0 heterocycles. The molecule has 0 saturated carbocycles. The molecular weight excluding hydrogens is 179 g/mol. The summed E-state index contributed by atoms with van der Waals surface area (Å²) in [6.07, 6.45) is 0. The Hall–Kier alpha value is -0.800. The van der Waals surface area contributed by atoms with Gasteiger partial charge in [-0.3, -0.25) is 0 Å². The third kappa shape index (κ3) is 2.36. The van der Waals surface area contributed by atoms with Crippen LogP contribution >= 0.6 is 11.6 Å². The smallest absolute Gasteiger partial charge is 0.147 e. The standard InChI is InChI=1S/C8H10ClFN2/c9-6-1-2-8(7(10)5-6)12-4-3-11/h1-2,5,12H,3-4,11H2. The van der Waals surface area contributed by atoms with Crippen LogP contribution in [0.5, 0.6) is 0 Å². The molecule has 3 N–H and O–H groups in total. The highest BCUT2D eigenvalue weighted by atomic mass is 35.5. The average Bonchev–Trinajstić information content (AvgIpc) is 2.03. The quantitative estimate of drug-likeness (QED) is 0.760.